The smallest absolute Gasteiger partial charge is 0.217 e. The lowest BCUT2D eigenvalue weighted by molar-refractivity contribution is -0.119. The fraction of sp³-hybridized carbons (Fsp3) is 0.400. The van der Waals surface area contributed by atoms with Crippen LogP contribution in [0.1, 0.15) is 19.8 Å². The molecule has 2 heterocycles. The molecule has 3 rings (SSSR count). The highest BCUT2D eigenvalue weighted by Gasteiger charge is 2.22. The molecule has 116 valence electrons. The van der Waals surface area contributed by atoms with Crippen molar-refractivity contribution in [1.29, 1.82) is 0 Å². The van der Waals surface area contributed by atoms with Crippen molar-refractivity contribution in [3.63, 3.8) is 0 Å². The molecule has 1 atom stereocenters. The Morgan fingerprint density at radius 1 is 1.32 bits per heavy atom. The van der Waals surface area contributed by atoms with Gasteiger partial charge in [-0.3, -0.25) is 9.78 Å². The van der Waals surface area contributed by atoms with Gasteiger partial charge in [-0.05, 0) is 25.0 Å². The molecule has 1 fully saturated rings. The van der Waals surface area contributed by atoms with Gasteiger partial charge in [-0.2, -0.15) is 0 Å². The first-order chi connectivity index (χ1) is 10.5. The van der Waals surface area contributed by atoms with Gasteiger partial charge in [0.25, 0.3) is 0 Å². The maximum atomic E-state index is 11.2. The van der Waals surface area contributed by atoms with E-state index in [2.05, 4.69) is 20.2 Å². The van der Waals surface area contributed by atoms with E-state index in [-0.39, 0.29) is 11.9 Å². The SMILES string of the molecule is CC(=O)N[C@H]1CCCN(c2cnc3cc(Cl)c(Cl)cc3n2)C1. The highest BCUT2D eigenvalue weighted by Crippen LogP contribution is 2.27. The predicted octanol–water partition coefficient (Wildman–Crippen LogP) is 3.04. The van der Waals surface area contributed by atoms with Crippen LogP contribution >= 0.6 is 23.2 Å². The molecule has 0 bridgehead atoms. The largest absolute Gasteiger partial charge is 0.353 e. The molecule has 0 unspecified atom stereocenters. The second kappa shape index (κ2) is 6.26. The van der Waals surface area contributed by atoms with Crippen LogP contribution in [0.2, 0.25) is 10.0 Å². The number of anilines is 1. The molecule has 22 heavy (non-hydrogen) atoms. The van der Waals surface area contributed by atoms with Gasteiger partial charge in [-0.15, -0.1) is 0 Å². The Labute approximate surface area is 138 Å². The third-order valence-electron chi connectivity index (χ3n) is 3.72. The molecule has 0 spiro atoms. The number of hydrogen-bond donors (Lipinski definition) is 1. The zero-order chi connectivity index (χ0) is 15.7. The summed E-state index contributed by atoms with van der Waals surface area (Å²) in [6.07, 6.45) is 3.73. The monoisotopic (exact) mass is 338 g/mol. The minimum Gasteiger partial charge on any atom is -0.353 e. The Bertz CT molecular complexity index is 722. The highest BCUT2D eigenvalue weighted by molar-refractivity contribution is 6.42. The molecule has 1 amide bonds. The minimum atomic E-state index is -0.00197. The van der Waals surface area contributed by atoms with Crippen molar-refractivity contribution in [2.75, 3.05) is 18.0 Å². The molecule has 1 aromatic carbocycles. The Morgan fingerprint density at radius 2 is 2.05 bits per heavy atom. The fourth-order valence-electron chi connectivity index (χ4n) is 2.74. The molecule has 1 aliphatic heterocycles. The topological polar surface area (TPSA) is 58.1 Å². The van der Waals surface area contributed by atoms with E-state index in [0.29, 0.717) is 21.1 Å². The first kappa shape index (κ1) is 15.3. The summed E-state index contributed by atoms with van der Waals surface area (Å²) in [6, 6.07) is 3.59. The van der Waals surface area contributed by atoms with Crippen molar-refractivity contribution in [3.8, 4) is 0 Å². The van der Waals surface area contributed by atoms with E-state index in [0.717, 1.165) is 31.7 Å². The van der Waals surface area contributed by atoms with E-state index < -0.39 is 0 Å². The van der Waals surface area contributed by atoms with Gasteiger partial charge in [0.1, 0.15) is 5.82 Å². The first-order valence-corrected chi connectivity index (χ1v) is 7.92. The van der Waals surface area contributed by atoms with E-state index in [1.165, 1.54) is 0 Å². The van der Waals surface area contributed by atoms with Crippen LogP contribution in [0.3, 0.4) is 0 Å². The van der Waals surface area contributed by atoms with Gasteiger partial charge in [-0.1, -0.05) is 23.2 Å². The van der Waals surface area contributed by atoms with Gasteiger partial charge >= 0.3 is 0 Å². The number of amides is 1. The molecule has 7 heteroatoms. The zero-order valence-corrected chi connectivity index (χ0v) is 13.7. The van der Waals surface area contributed by atoms with Crippen LogP contribution in [0.15, 0.2) is 18.3 Å². The van der Waals surface area contributed by atoms with Gasteiger partial charge in [0.15, 0.2) is 0 Å². The van der Waals surface area contributed by atoms with E-state index >= 15 is 0 Å². The third kappa shape index (κ3) is 3.25. The van der Waals surface area contributed by atoms with Crippen LogP contribution in [-0.2, 0) is 4.79 Å². The summed E-state index contributed by atoms with van der Waals surface area (Å²) in [5.74, 6) is 0.791. The number of fused-ring (bicyclic) bond motifs is 1. The first-order valence-electron chi connectivity index (χ1n) is 7.17. The van der Waals surface area contributed by atoms with Crippen molar-refractivity contribution in [2.45, 2.75) is 25.8 Å². The molecule has 1 aromatic heterocycles. The Hall–Kier alpha value is -1.59. The quantitative estimate of drug-likeness (QED) is 0.914. The van der Waals surface area contributed by atoms with Gasteiger partial charge in [0.05, 0.1) is 27.3 Å². The number of rotatable bonds is 2. The zero-order valence-electron chi connectivity index (χ0n) is 12.1. The summed E-state index contributed by atoms with van der Waals surface area (Å²) >= 11 is 12.0. The van der Waals surface area contributed by atoms with Crippen molar-refractivity contribution in [2.24, 2.45) is 0 Å². The molecule has 2 aromatic rings. The number of nitrogens with zero attached hydrogens (tertiary/aromatic N) is 3. The van der Waals surface area contributed by atoms with Crippen LogP contribution in [0.25, 0.3) is 11.0 Å². The number of carbonyl (C=O) groups excluding carboxylic acids is 1. The van der Waals surface area contributed by atoms with Crippen LogP contribution < -0.4 is 10.2 Å². The average molecular weight is 339 g/mol. The Morgan fingerprint density at radius 3 is 2.77 bits per heavy atom. The normalized spacial score (nSPS) is 18.5. The second-order valence-electron chi connectivity index (χ2n) is 5.47. The average Bonchev–Trinajstić information content (AvgIpc) is 2.47. The summed E-state index contributed by atoms with van der Waals surface area (Å²) in [4.78, 5) is 22.4. The third-order valence-corrected chi connectivity index (χ3v) is 4.45. The van der Waals surface area contributed by atoms with Crippen LogP contribution in [0.5, 0.6) is 0 Å². The van der Waals surface area contributed by atoms with Crippen LogP contribution in [0, 0.1) is 0 Å². The predicted molar refractivity (Wildman–Crippen MR) is 88.6 cm³/mol. The number of hydrogen-bond acceptors (Lipinski definition) is 4. The molecule has 1 aliphatic rings. The van der Waals surface area contributed by atoms with E-state index in [1.54, 1.807) is 25.3 Å². The molecule has 0 saturated carbocycles. The van der Waals surface area contributed by atoms with E-state index in [1.807, 2.05) is 0 Å². The van der Waals surface area contributed by atoms with Crippen molar-refractivity contribution < 1.29 is 4.79 Å². The lowest BCUT2D eigenvalue weighted by Gasteiger charge is -2.33. The number of carbonyl (C=O) groups is 1. The van der Waals surface area contributed by atoms with Gasteiger partial charge < -0.3 is 10.2 Å². The fourth-order valence-corrected chi connectivity index (χ4v) is 3.06. The summed E-state index contributed by atoms with van der Waals surface area (Å²) in [5.41, 5.74) is 1.43. The van der Waals surface area contributed by atoms with Crippen molar-refractivity contribution >= 4 is 46.0 Å². The Balaban J connectivity index is 1.86. The second-order valence-corrected chi connectivity index (χ2v) is 6.28. The molecular weight excluding hydrogens is 323 g/mol. The van der Waals surface area contributed by atoms with Gasteiger partial charge in [0.2, 0.25) is 5.91 Å². The number of piperidine rings is 1. The van der Waals surface area contributed by atoms with Crippen molar-refractivity contribution in [1.82, 2.24) is 15.3 Å². The maximum absolute atomic E-state index is 11.2. The molecule has 0 radical (unpaired) electrons. The van der Waals surface area contributed by atoms with Gasteiger partial charge in [-0.25, -0.2) is 4.98 Å². The molecule has 0 aliphatic carbocycles. The lowest BCUT2D eigenvalue weighted by atomic mass is 10.1. The standard InChI is InChI=1S/C15H16Cl2N4O/c1-9(22)19-10-3-2-4-21(8-10)15-7-18-13-5-11(16)12(17)6-14(13)20-15/h5-7,10H,2-4,8H2,1H3,(H,19,22)/t10-/m0/s1. The van der Waals surface area contributed by atoms with Gasteiger partial charge in [0, 0.05) is 26.1 Å². The molecular formula is C15H16Cl2N4O. The number of benzene rings is 1. The lowest BCUT2D eigenvalue weighted by Crippen LogP contribution is -2.47. The molecule has 1 N–H and O–H groups in total. The minimum absolute atomic E-state index is 0.00197. The number of nitrogens with one attached hydrogen (secondary N) is 1. The Kier molecular flexibility index (Phi) is 4.36. The van der Waals surface area contributed by atoms with Crippen molar-refractivity contribution in [3.05, 3.63) is 28.4 Å². The van der Waals surface area contributed by atoms with E-state index in [9.17, 15) is 4.79 Å². The summed E-state index contributed by atoms with van der Waals surface area (Å²) < 4.78 is 0. The summed E-state index contributed by atoms with van der Waals surface area (Å²) in [6.45, 7) is 3.18. The maximum Gasteiger partial charge on any atom is 0.217 e. The van der Waals surface area contributed by atoms with Crippen LogP contribution in [-0.4, -0.2) is 35.0 Å². The van der Waals surface area contributed by atoms with Crippen LogP contribution in [0.4, 0.5) is 5.82 Å². The molecule has 5 nitrogen and oxygen atoms in total. The summed E-state index contributed by atoms with van der Waals surface area (Å²) in [5, 5.41) is 3.91. The number of aromatic nitrogens is 2. The highest BCUT2D eigenvalue weighted by atomic mass is 35.5. The number of halogens is 2. The molecule has 1 saturated heterocycles. The van der Waals surface area contributed by atoms with E-state index in [4.69, 9.17) is 23.2 Å². The summed E-state index contributed by atoms with van der Waals surface area (Å²) in [7, 11) is 0.